The fraction of sp³-hybridized carbons (Fsp3) is 0.389. The third kappa shape index (κ3) is 3.86. The summed E-state index contributed by atoms with van der Waals surface area (Å²) < 4.78 is 0. The number of likely N-dealkylation sites (tertiary alicyclic amines) is 1. The van der Waals surface area contributed by atoms with Gasteiger partial charge < -0.3 is 10.2 Å². The highest BCUT2D eigenvalue weighted by atomic mass is 16.2. The predicted octanol–water partition coefficient (Wildman–Crippen LogP) is 3.25. The maximum atomic E-state index is 11.6. The summed E-state index contributed by atoms with van der Waals surface area (Å²) in [7, 11) is 0. The van der Waals surface area contributed by atoms with Gasteiger partial charge in [0, 0.05) is 37.8 Å². The van der Waals surface area contributed by atoms with Crippen molar-refractivity contribution in [1.29, 1.82) is 0 Å². The minimum Gasteiger partial charge on any atom is -0.342 e. The molecule has 1 amide bonds. The van der Waals surface area contributed by atoms with E-state index in [2.05, 4.69) is 34.3 Å². The third-order valence-electron chi connectivity index (χ3n) is 4.24. The van der Waals surface area contributed by atoms with Gasteiger partial charge in [-0.15, -0.1) is 0 Å². The molecule has 0 bridgehead atoms. The van der Waals surface area contributed by atoms with Gasteiger partial charge in [-0.2, -0.15) is 0 Å². The first-order valence-electron chi connectivity index (χ1n) is 8.04. The van der Waals surface area contributed by atoms with Gasteiger partial charge in [-0.1, -0.05) is 12.1 Å². The summed E-state index contributed by atoms with van der Waals surface area (Å²) in [5, 5.41) is 3.26. The van der Waals surface area contributed by atoms with E-state index in [9.17, 15) is 4.79 Å². The number of nitrogens with zero attached hydrogens (tertiary/aromatic N) is 3. The van der Waals surface area contributed by atoms with Crippen LogP contribution in [-0.4, -0.2) is 33.9 Å². The number of piperidine rings is 1. The van der Waals surface area contributed by atoms with Crippen LogP contribution in [0.15, 0.2) is 36.5 Å². The van der Waals surface area contributed by atoms with Crippen LogP contribution in [0, 0.1) is 6.92 Å². The van der Waals surface area contributed by atoms with E-state index in [1.807, 2.05) is 23.1 Å². The average molecular weight is 310 g/mol. The Bertz CT molecular complexity index is 701. The van der Waals surface area contributed by atoms with Crippen LogP contribution in [0.4, 0.5) is 11.6 Å². The lowest BCUT2D eigenvalue weighted by molar-refractivity contribution is -0.130. The predicted molar refractivity (Wildman–Crippen MR) is 90.7 cm³/mol. The summed E-state index contributed by atoms with van der Waals surface area (Å²) >= 11 is 0. The normalized spacial score (nSPS) is 17.8. The number of carbonyl (C=O) groups excluding carboxylic acids is 1. The summed E-state index contributed by atoms with van der Waals surface area (Å²) in [4.78, 5) is 22.5. The van der Waals surface area contributed by atoms with Crippen molar-refractivity contribution in [2.24, 2.45) is 0 Å². The molecular formula is C18H22N4O. The molecule has 1 atom stereocenters. The zero-order valence-corrected chi connectivity index (χ0v) is 13.6. The second kappa shape index (κ2) is 6.77. The standard InChI is InChI=1S/C18H22N4O/c1-13-5-3-7-16(11-13)20-18-19-9-8-17(21-18)15-6-4-10-22(12-15)14(2)23/h3,5,7-9,11,15H,4,6,10,12H2,1-2H3,(H,19,20,21). The van der Waals surface area contributed by atoms with Gasteiger partial charge in [0.2, 0.25) is 11.9 Å². The Morgan fingerprint density at radius 2 is 2.22 bits per heavy atom. The maximum Gasteiger partial charge on any atom is 0.227 e. The smallest absolute Gasteiger partial charge is 0.227 e. The highest BCUT2D eigenvalue weighted by molar-refractivity contribution is 5.73. The van der Waals surface area contributed by atoms with Gasteiger partial charge in [-0.3, -0.25) is 4.79 Å². The van der Waals surface area contributed by atoms with E-state index in [1.54, 1.807) is 13.1 Å². The van der Waals surface area contributed by atoms with Crippen molar-refractivity contribution in [3.05, 3.63) is 47.8 Å². The molecule has 0 radical (unpaired) electrons. The summed E-state index contributed by atoms with van der Waals surface area (Å²) in [6.45, 7) is 5.29. The van der Waals surface area contributed by atoms with E-state index in [0.717, 1.165) is 37.3 Å². The molecule has 0 saturated carbocycles. The van der Waals surface area contributed by atoms with Crippen molar-refractivity contribution < 1.29 is 4.79 Å². The average Bonchev–Trinajstić information content (AvgIpc) is 2.55. The molecule has 3 rings (SSSR count). The molecule has 2 aromatic rings. The number of hydrogen-bond donors (Lipinski definition) is 1. The molecule has 1 fully saturated rings. The van der Waals surface area contributed by atoms with Crippen LogP contribution in [0.5, 0.6) is 0 Å². The molecule has 23 heavy (non-hydrogen) atoms. The number of aryl methyl sites for hydroxylation is 1. The zero-order chi connectivity index (χ0) is 16.2. The van der Waals surface area contributed by atoms with E-state index >= 15 is 0 Å². The van der Waals surface area contributed by atoms with E-state index in [1.165, 1.54) is 5.56 Å². The number of hydrogen-bond acceptors (Lipinski definition) is 4. The minimum atomic E-state index is 0.141. The van der Waals surface area contributed by atoms with Crippen molar-refractivity contribution in [3.63, 3.8) is 0 Å². The molecule has 1 unspecified atom stereocenters. The fourth-order valence-electron chi connectivity index (χ4n) is 3.02. The first kappa shape index (κ1) is 15.5. The second-order valence-electron chi connectivity index (χ2n) is 6.10. The maximum absolute atomic E-state index is 11.6. The Morgan fingerprint density at radius 3 is 3.00 bits per heavy atom. The Kier molecular flexibility index (Phi) is 4.55. The third-order valence-corrected chi connectivity index (χ3v) is 4.24. The second-order valence-corrected chi connectivity index (χ2v) is 6.10. The fourth-order valence-corrected chi connectivity index (χ4v) is 3.02. The van der Waals surface area contributed by atoms with Crippen LogP contribution in [0.3, 0.4) is 0 Å². The van der Waals surface area contributed by atoms with Gasteiger partial charge in [0.05, 0.1) is 5.69 Å². The lowest BCUT2D eigenvalue weighted by Crippen LogP contribution is -2.37. The van der Waals surface area contributed by atoms with Crippen molar-refractivity contribution in [2.75, 3.05) is 18.4 Å². The number of aromatic nitrogens is 2. The number of anilines is 2. The molecule has 1 saturated heterocycles. The van der Waals surface area contributed by atoms with Crippen molar-refractivity contribution in [1.82, 2.24) is 14.9 Å². The first-order valence-corrected chi connectivity index (χ1v) is 8.04. The van der Waals surface area contributed by atoms with Gasteiger partial charge in [-0.25, -0.2) is 9.97 Å². The van der Waals surface area contributed by atoms with Crippen LogP contribution in [0.2, 0.25) is 0 Å². The van der Waals surface area contributed by atoms with Gasteiger partial charge in [0.1, 0.15) is 0 Å². The van der Waals surface area contributed by atoms with Crippen molar-refractivity contribution in [3.8, 4) is 0 Å². The Labute approximate surface area is 136 Å². The number of amides is 1. The Balaban J connectivity index is 1.75. The van der Waals surface area contributed by atoms with Crippen LogP contribution in [0.25, 0.3) is 0 Å². The number of nitrogens with one attached hydrogen (secondary N) is 1. The largest absolute Gasteiger partial charge is 0.342 e. The highest BCUT2D eigenvalue weighted by Gasteiger charge is 2.24. The SMILES string of the molecule is CC(=O)N1CCCC(c2ccnc(Nc3cccc(C)c3)n2)C1. The van der Waals surface area contributed by atoms with E-state index in [-0.39, 0.29) is 11.8 Å². The molecule has 1 aromatic heterocycles. The summed E-state index contributed by atoms with van der Waals surface area (Å²) in [5.74, 6) is 1.03. The molecule has 2 heterocycles. The van der Waals surface area contributed by atoms with E-state index < -0.39 is 0 Å². The van der Waals surface area contributed by atoms with E-state index in [4.69, 9.17) is 0 Å². The Morgan fingerprint density at radius 1 is 1.35 bits per heavy atom. The molecule has 5 nitrogen and oxygen atoms in total. The molecule has 1 aliphatic heterocycles. The lowest BCUT2D eigenvalue weighted by atomic mass is 9.94. The molecule has 5 heteroatoms. The molecule has 1 N–H and O–H groups in total. The summed E-state index contributed by atoms with van der Waals surface area (Å²) in [6.07, 6.45) is 3.87. The topological polar surface area (TPSA) is 58.1 Å². The van der Waals surface area contributed by atoms with Crippen LogP contribution in [-0.2, 0) is 4.79 Å². The minimum absolute atomic E-state index is 0.141. The number of benzene rings is 1. The first-order chi connectivity index (χ1) is 11.1. The molecule has 0 aliphatic carbocycles. The van der Waals surface area contributed by atoms with E-state index in [0.29, 0.717) is 5.95 Å². The zero-order valence-electron chi connectivity index (χ0n) is 13.6. The molecule has 120 valence electrons. The molecular weight excluding hydrogens is 288 g/mol. The van der Waals surface area contributed by atoms with Crippen LogP contribution >= 0.6 is 0 Å². The molecule has 1 aromatic carbocycles. The summed E-state index contributed by atoms with van der Waals surface area (Å²) in [5.41, 5.74) is 3.17. The number of carbonyl (C=O) groups is 1. The number of rotatable bonds is 3. The highest BCUT2D eigenvalue weighted by Crippen LogP contribution is 2.26. The van der Waals surface area contributed by atoms with Gasteiger partial charge in [-0.05, 0) is 43.5 Å². The summed E-state index contributed by atoms with van der Waals surface area (Å²) in [6, 6.07) is 10.1. The van der Waals surface area contributed by atoms with Gasteiger partial charge >= 0.3 is 0 Å². The van der Waals surface area contributed by atoms with Crippen molar-refractivity contribution >= 4 is 17.5 Å². The molecule has 0 spiro atoms. The Hall–Kier alpha value is -2.43. The molecule has 1 aliphatic rings. The van der Waals surface area contributed by atoms with Crippen LogP contribution in [0.1, 0.15) is 36.9 Å². The quantitative estimate of drug-likeness (QED) is 0.945. The lowest BCUT2D eigenvalue weighted by Gasteiger charge is -2.31. The van der Waals surface area contributed by atoms with Gasteiger partial charge in [0.15, 0.2) is 0 Å². The van der Waals surface area contributed by atoms with Gasteiger partial charge in [0.25, 0.3) is 0 Å². The van der Waals surface area contributed by atoms with Crippen LogP contribution < -0.4 is 5.32 Å². The van der Waals surface area contributed by atoms with Crippen molar-refractivity contribution in [2.45, 2.75) is 32.6 Å². The monoisotopic (exact) mass is 310 g/mol.